The Morgan fingerprint density at radius 3 is 2.89 bits per heavy atom. The van der Waals surface area contributed by atoms with Gasteiger partial charge in [-0.3, -0.25) is 0 Å². The predicted octanol–water partition coefficient (Wildman–Crippen LogP) is 2.69. The van der Waals surface area contributed by atoms with Gasteiger partial charge in [0.15, 0.2) is 0 Å². The van der Waals surface area contributed by atoms with Crippen LogP contribution >= 0.6 is 0 Å². The second-order valence-electron chi connectivity index (χ2n) is 5.60. The molecule has 1 saturated heterocycles. The highest BCUT2D eigenvalue weighted by Crippen LogP contribution is 2.32. The summed E-state index contributed by atoms with van der Waals surface area (Å²) in [5.74, 6) is -0.222. The topological polar surface area (TPSA) is 39.1 Å². The lowest BCUT2D eigenvalue weighted by atomic mass is 9.95. The lowest BCUT2D eigenvalue weighted by Crippen LogP contribution is -2.51. The van der Waals surface area contributed by atoms with E-state index in [-0.39, 0.29) is 17.4 Å². The van der Waals surface area contributed by atoms with Gasteiger partial charge in [0.1, 0.15) is 5.82 Å². The molecule has 19 heavy (non-hydrogen) atoms. The number of nitrogens with one attached hydrogen (secondary N) is 1. The Bertz CT molecular complexity index is 479. The number of para-hydroxylation sites is 1. The fourth-order valence-corrected chi connectivity index (χ4v) is 2.81. The zero-order chi connectivity index (χ0) is 13.9. The third-order valence-electron chi connectivity index (χ3n) is 3.75. The van der Waals surface area contributed by atoms with Crippen molar-refractivity contribution in [2.75, 3.05) is 18.0 Å². The molecule has 4 heteroatoms. The van der Waals surface area contributed by atoms with E-state index in [1.165, 1.54) is 6.07 Å². The van der Waals surface area contributed by atoms with Crippen LogP contribution in [0, 0.1) is 17.1 Å². The Labute approximate surface area is 114 Å². The molecule has 0 aromatic heterocycles. The minimum atomic E-state index is -0.222. The summed E-state index contributed by atoms with van der Waals surface area (Å²) in [6.07, 6.45) is 1.31. The summed E-state index contributed by atoms with van der Waals surface area (Å²) in [5, 5.41) is 12.4. The van der Waals surface area contributed by atoms with Crippen molar-refractivity contribution in [2.45, 2.75) is 38.3 Å². The van der Waals surface area contributed by atoms with Crippen LogP contribution in [0.5, 0.6) is 0 Å². The predicted molar refractivity (Wildman–Crippen MR) is 74.5 cm³/mol. The standard InChI is InChI=1S/C15H20FN3/c1-15(2)8-10-18-11-12(7-9-17)19(15)14-6-4-3-5-13(14)16/h3-6,12,18H,7-8,10-11H2,1-2H3. The van der Waals surface area contributed by atoms with Gasteiger partial charge < -0.3 is 10.2 Å². The van der Waals surface area contributed by atoms with Gasteiger partial charge in [-0.05, 0) is 38.9 Å². The third-order valence-corrected chi connectivity index (χ3v) is 3.75. The molecule has 0 amide bonds. The van der Waals surface area contributed by atoms with E-state index < -0.39 is 0 Å². The van der Waals surface area contributed by atoms with E-state index in [1.807, 2.05) is 6.07 Å². The molecule has 1 heterocycles. The van der Waals surface area contributed by atoms with Gasteiger partial charge in [0, 0.05) is 12.1 Å². The normalized spacial score (nSPS) is 22.6. The SMILES string of the molecule is CC1(C)CCNCC(CC#N)N1c1ccccc1F. The van der Waals surface area contributed by atoms with E-state index in [1.54, 1.807) is 12.1 Å². The van der Waals surface area contributed by atoms with Gasteiger partial charge in [-0.25, -0.2) is 4.39 Å². The maximum Gasteiger partial charge on any atom is 0.146 e. The van der Waals surface area contributed by atoms with E-state index in [0.29, 0.717) is 18.7 Å². The largest absolute Gasteiger partial charge is 0.359 e. The molecule has 0 radical (unpaired) electrons. The van der Waals surface area contributed by atoms with Gasteiger partial charge in [-0.1, -0.05) is 12.1 Å². The molecule has 1 aliphatic heterocycles. The Hall–Kier alpha value is -1.60. The van der Waals surface area contributed by atoms with Gasteiger partial charge in [0.25, 0.3) is 0 Å². The third kappa shape index (κ3) is 2.87. The van der Waals surface area contributed by atoms with E-state index in [2.05, 4.69) is 30.1 Å². The molecular weight excluding hydrogens is 241 g/mol. The number of halogens is 1. The van der Waals surface area contributed by atoms with Crippen LogP contribution in [-0.4, -0.2) is 24.7 Å². The van der Waals surface area contributed by atoms with Crippen molar-refractivity contribution in [3.63, 3.8) is 0 Å². The van der Waals surface area contributed by atoms with E-state index in [0.717, 1.165) is 13.0 Å². The zero-order valence-electron chi connectivity index (χ0n) is 11.5. The summed E-state index contributed by atoms with van der Waals surface area (Å²) >= 11 is 0. The summed E-state index contributed by atoms with van der Waals surface area (Å²) in [4.78, 5) is 2.07. The first kappa shape index (κ1) is 13.8. The van der Waals surface area contributed by atoms with Crippen molar-refractivity contribution >= 4 is 5.69 Å². The molecule has 2 rings (SSSR count). The highest BCUT2D eigenvalue weighted by molar-refractivity contribution is 5.51. The number of rotatable bonds is 2. The van der Waals surface area contributed by atoms with Crippen molar-refractivity contribution in [2.24, 2.45) is 0 Å². The Kier molecular flexibility index (Phi) is 4.06. The smallest absolute Gasteiger partial charge is 0.146 e. The Morgan fingerprint density at radius 1 is 1.47 bits per heavy atom. The number of nitrogens with zero attached hydrogens (tertiary/aromatic N) is 2. The van der Waals surface area contributed by atoms with Gasteiger partial charge >= 0.3 is 0 Å². The molecule has 3 nitrogen and oxygen atoms in total. The summed E-state index contributed by atoms with van der Waals surface area (Å²) < 4.78 is 14.1. The van der Waals surface area contributed by atoms with Crippen molar-refractivity contribution in [1.29, 1.82) is 5.26 Å². The van der Waals surface area contributed by atoms with Crippen LogP contribution in [0.2, 0.25) is 0 Å². The highest BCUT2D eigenvalue weighted by Gasteiger charge is 2.35. The lowest BCUT2D eigenvalue weighted by Gasteiger charge is -2.43. The van der Waals surface area contributed by atoms with Crippen LogP contribution in [0.3, 0.4) is 0 Å². The second-order valence-corrected chi connectivity index (χ2v) is 5.60. The first-order valence-corrected chi connectivity index (χ1v) is 6.68. The van der Waals surface area contributed by atoms with Gasteiger partial charge in [-0.15, -0.1) is 0 Å². The molecule has 1 aromatic carbocycles. The van der Waals surface area contributed by atoms with Gasteiger partial charge in [0.2, 0.25) is 0 Å². The monoisotopic (exact) mass is 261 g/mol. The number of benzene rings is 1. The molecule has 0 bridgehead atoms. The first-order chi connectivity index (χ1) is 9.06. The summed E-state index contributed by atoms with van der Waals surface area (Å²) in [6, 6.07) is 9.03. The molecule has 1 aliphatic rings. The van der Waals surface area contributed by atoms with Gasteiger partial charge in [0.05, 0.1) is 24.2 Å². The Morgan fingerprint density at radius 2 is 2.21 bits per heavy atom. The molecule has 1 N–H and O–H groups in total. The highest BCUT2D eigenvalue weighted by atomic mass is 19.1. The van der Waals surface area contributed by atoms with Crippen molar-refractivity contribution in [3.05, 3.63) is 30.1 Å². The molecule has 1 fully saturated rings. The molecular formula is C15H20FN3. The minimum Gasteiger partial charge on any atom is -0.359 e. The number of anilines is 1. The van der Waals surface area contributed by atoms with Crippen LogP contribution in [-0.2, 0) is 0 Å². The number of hydrogen-bond donors (Lipinski definition) is 1. The van der Waals surface area contributed by atoms with Crippen molar-refractivity contribution < 1.29 is 4.39 Å². The molecule has 0 aliphatic carbocycles. The maximum absolute atomic E-state index is 14.1. The van der Waals surface area contributed by atoms with Crippen LogP contribution in [0.4, 0.5) is 10.1 Å². The van der Waals surface area contributed by atoms with E-state index >= 15 is 0 Å². The van der Waals surface area contributed by atoms with Crippen LogP contribution in [0.15, 0.2) is 24.3 Å². The first-order valence-electron chi connectivity index (χ1n) is 6.68. The quantitative estimate of drug-likeness (QED) is 0.889. The molecule has 0 spiro atoms. The molecule has 102 valence electrons. The summed E-state index contributed by atoms with van der Waals surface area (Å²) in [5.41, 5.74) is 0.421. The second kappa shape index (κ2) is 5.58. The van der Waals surface area contributed by atoms with Crippen LogP contribution in [0.1, 0.15) is 26.7 Å². The zero-order valence-corrected chi connectivity index (χ0v) is 11.5. The van der Waals surface area contributed by atoms with E-state index in [4.69, 9.17) is 5.26 Å². The number of nitriles is 1. The van der Waals surface area contributed by atoms with Crippen LogP contribution in [0.25, 0.3) is 0 Å². The molecule has 1 atom stereocenters. The summed E-state index contributed by atoms with van der Waals surface area (Å²) in [6.45, 7) is 5.82. The van der Waals surface area contributed by atoms with E-state index in [9.17, 15) is 4.39 Å². The van der Waals surface area contributed by atoms with Crippen LogP contribution < -0.4 is 10.2 Å². The minimum absolute atomic E-state index is 0.000556. The lowest BCUT2D eigenvalue weighted by molar-refractivity contribution is 0.411. The number of hydrogen-bond acceptors (Lipinski definition) is 3. The fraction of sp³-hybridized carbons (Fsp3) is 0.533. The average Bonchev–Trinajstić information content (AvgIpc) is 2.50. The summed E-state index contributed by atoms with van der Waals surface area (Å²) in [7, 11) is 0. The van der Waals surface area contributed by atoms with Crippen molar-refractivity contribution in [1.82, 2.24) is 5.32 Å². The fourth-order valence-electron chi connectivity index (χ4n) is 2.81. The molecule has 1 unspecified atom stereocenters. The molecule has 0 saturated carbocycles. The van der Waals surface area contributed by atoms with Crippen molar-refractivity contribution in [3.8, 4) is 6.07 Å². The maximum atomic E-state index is 14.1. The van der Waals surface area contributed by atoms with Gasteiger partial charge in [-0.2, -0.15) is 5.26 Å². The Balaban J connectivity index is 2.45. The molecule has 1 aromatic rings. The average molecular weight is 261 g/mol.